The van der Waals surface area contributed by atoms with Gasteiger partial charge in [0.1, 0.15) is 5.75 Å². The van der Waals surface area contributed by atoms with Crippen molar-refractivity contribution >= 4 is 11.5 Å². The summed E-state index contributed by atoms with van der Waals surface area (Å²) in [5.74, 6) is 3.21. The minimum absolute atomic E-state index is 0.0134. The lowest BCUT2D eigenvalue weighted by molar-refractivity contribution is 0.101. The van der Waals surface area contributed by atoms with Gasteiger partial charge in [-0.25, -0.2) is 0 Å². The Morgan fingerprint density at radius 1 is 1.50 bits per heavy atom. The molecule has 0 bridgehead atoms. The van der Waals surface area contributed by atoms with Crippen LogP contribution in [0.25, 0.3) is 0 Å². The maximum absolute atomic E-state index is 11.8. The monoisotopic (exact) mass is 245 g/mol. The molecule has 0 aliphatic heterocycles. The third kappa shape index (κ3) is 3.04. The number of terminal acetylenes is 1. The molecule has 1 aromatic rings. The minimum atomic E-state index is -0.0134. The quantitative estimate of drug-likeness (QED) is 0.570. The summed E-state index contributed by atoms with van der Waals surface area (Å²) >= 11 is 0. The Labute approximate surface area is 109 Å². The van der Waals surface area contributed by atoms with Crippen LogP contribution in [0.5, 0.6) is 5.75 Å². The summed E-state index contributed by atoms with van der Waals surface area (Å²) in [5.41, 5.74) is 1.45. The van der Waals surface area contributed by atoms with Crippen LogP contribution in [0, 0.1) is 12.3 Å². The van der Waals surface area contributed by atoms with Crippen molar-refractivity contribution in [3.05, 3.63) is 23.8 Å². The predicted molar refractivity (Wildman–Crippen MR) is 74.3 cm³/mol. The molecule has 0 spiro atoms. The highest BCUT2D eigenvalue weighted by molar-refractivity contribution is 6.02. The molecule has 3 nitrogen and oxygen atoms in total. The van der Waals surface area contributed by atoms with Crippen LogP contribution in [0.15, 0.2) is 18.2 Å². The average molecular weight is 245 g/mol. The fourth-order valence-corrected chi connectivity index (χ4v) is 1.97. The average Bonchev–Trinajstić information content (AvgIpc) is 2.37. The highest BCUT2D eigenvalue weighted by Gasteiger charge is 2.17. The molecule has 0 fully saturated rings. The lowest BCUT2D eigenvalue weighted by Gasteiger charge is -2.24. The van der Waals surface area contributed by atoms with Crippen molar-refractivity contribution < 1.29 is 9.53 Å². The Hall–Kier alpha value is -1.95. The highest BCUT2D eigenvalue weighted by Crippen LogP contribution is 2.29. The summed E-state index contributed by atoms with van der Waals surface area (Å²) in [6.45, 7) is 4.93. The van der Waals surface area contributed by atoms with Crippen LogP contribution in [0.2, 0.25) is 0 Å². The highest BCUT2D eigenvalue weighted by atomic mass is 16.5. The Balaban J connectivity index is 3.28. The molecular formula is C15H19NO2. The SMILES string of the molecule is C#CCN(CCC)c1cccc(OC)c1C(C)=O. The van der Waals surface area contributed by atoms with E-state index in [9.17, 15) is 4.79 Å². The first-order valence-electron chi connectivity index (χ1n) is 6.02. The first kappa shape index (κ1) is 14.1. The van der Waals surface area contributed by atoms with Crippen molar-refractivity contribution in [1.82, 2.24) is 0 Å². The number of benzene rings is 1. The van der Waals surface area contributed by atoms with Crippen LogP contribution in [0.3, 0.4) is 0 Å². The van der Waals surface area contributed by atoms with E-state index in [0.717, 1.165) is 18.7 Å². The number of Topliss-reactive ketones (excluding diaryl/α,β-unsaturated/α-hetero) is 1. The standard InChI is InChI=1S/C15H19NO2/c1-5-10-16(11-6-2)13-8-7-9-14(18-4)15(13)12(3)17/h1,7-9H,6,10-11H2,2-4H3. The molecule has 0 saturated carbocycles. The summed E-state index contributed by atoms with van der Waals surface area (Å²) < 4.78 is 5.25. The molecular weight excluding hydrogens is 226 g/mol. The number of anilines is 1. The smallest absolute Gasteiger partial charge is 0.165 e. The second kappa shape index (κ2) is 6.70. The molecule has 0 atom stereocenters. The van der Waals surface area contributed by atoms with Gasteiger partial charge in [-0.15, -0.1) is 6.42 Å². The number of rotatable bonds is 6. The van der Waals surface area contributed by atoms with Gasteiger partial charge in [-0.2, -0.15) is 0 Å². The molecule has 1 aromatic carbocycles. The fourth-order valence-electron chi connectivity index (χ4n) is 1.97. The molecule has 0 amide bonds. The second-order valence-electron chi connectivity index (χ2n) is 4.04. The maximum atomic E-state index is 11.8. The zero-order valence-corrected chi connectivity index (χ0v) is 11.2. The normalized spacial score (nSPS) is 9.67. The van der Waals surface area contributed by atoms with Gasteiger partial charge in [0.05, 0.1) is 24.9 Å². The van der Waals surface area contributed by atoms with Gasteiger partial charge in [-0.1, -0.05) is 18.9 Å². The van der Waals surface area contributed by atoms with Crippen LogP contribution in [-0.4, -0.2) is 26.0 Å². The molecule has 0 N–H and O–H groups in total. The van der Waals surface area contributed by atoms with Gasteiger partial charge in [0.2, 0.25) is 0 Å². The van der Waals surface area contributed by atoms with Crippen molar-refractivity contribution in [2.75, 3.05) is 25.1 Å². The minimum Gasteiger partial charge on any atom is -0.496 e. The van der Waals surface area contributed by atoms with E-state index in [1.54, 1.807) is 20.1 Å². The first-order valence-corrected chi connectivity index (χ1v) is 6.02. The Morgan fingerprint density at radius 2 is 2.22 bits per heavy atom. The molecule has 0 radical (unpaired) electrons. The van der Waals surface area contributed by atoms with Gasteiger partial charge in [0.15, 0.2) is 5.78 Å². The Bertz CT molecular complexity index is 460. The third-order valence-corrected chi connectivity index (χ3v) is 2.69. The zero-order valence-electron chi connectivity index (χ0n) is 11.2. The van der Waals surface area contributed by atoms with Crippen LogP contribution in [-0.2, 0) is 0 Å². The summed E-state index contributed by atoms with van der Waals surface area (Å²) in [7, 11) is 1.57. The van der Waals surface area contributed by atoms with E-state index in [0.29, 0.717) is 17.9 Å². The molecule has 0 aromatic heterocycles. The van der Waals surface area contributed by atoms with Crippen LogP contribution in [0.4, 0.5) is 5.69 Å². The molecule has 96 valence electrons. The predicted octanol–water partition coefficient (Wildman–Crippen LogP) is 2.75. The number of nitrogens with zero attached hydrogens (tertiary/aromatic N) is 1. The van der Waals surface area contributed by atoms with Crippen LogP contribution >= 0.6 is 0 Å². The van der Waals surface area contributed by atoms with Crippen molar-refractivity contribution in [3.63, 3.8) is 0 Å². The number of hydrogen-bond donors (Lipinski definition) is 0. The number of carbonyl (C=O) groups excluding carboxylic acids is 1. The van der Waals surface area contributed by atoms with Crippen molar-refractivity contribution in [3.8, 4) is 18.1 Å². The van der Waals surface area contributed by atoms with Crippen molar-refractivity contribution in [1.29, 1.82) is 0 Å². The number of methoxy groups -OCH3 is 1. The molecule has 0 heterocycles. The molecule has 0 saturated heterocycles. The number of carbonyl (C=O) groups is 1. The fraction of sp³-hybridized carbons (Fsp3) is 0.400. The van der Waals surface area contributed by atoms with E-state index >= 15 is 0 Å². The van der Waals surface area contributed by atoms with E-state index in [2.05, 4.69) is 12.8 Å². The van der Waals surface area contributed by atoms with Gasteiger partial charge >= 0.3 is 0 Å². The lowest BCUT2D eigenvalue weighted by Crippen LogP contribution is -2.26. The summed E-state index contributed by atoms with van der Waals surface area (Å²) in [5, 5.41) is 0. The maximum Gasteiger partial charge on any atom is 0.165 e. The van der Waals surface area contributed by atoms with E-state index in [-0.39, 0.29) is 5.78 Å². The van der Waals surface area contributed by atoms with Gasteiger partial charge in [-0.3, -0.25) is 4.79 Å². The molecule has 0 aliphatic rings. The van der Waals surface area contributed by atoms with Crippen molar-refractivity contribution in [2.24, 2.45) is 0 Å². The molecule has 18 heavy (non-hydrogen) atoms. The third-order valence-electron chi connectivity index (χ3n) is 2.69. The summed E-state index contributed by atoms with van der Waals surface area (Å²) in [6.07, 6.45) is 6.35. The molecule has 1 rings (SSSR count). The largest absolute Gasteiger partial charge is 0.496 e. The lowest BCUT2D eigenvalue weighted by atomic mass is 10.1. The topological polar surface area (TPSA) is 29.5 Å². The van der Waals surface area contributed by atoms with E-state index in [1.165, 1.54) is 0 Å². The van der Waals surface area contributed by atoms with Gasteiger partial charge in [-0.05, 0) is 25.5 Å². The van der Waals surface area contributed by atoms with Gasteiger partial charge in [0.25, 0.3) is 0 Å². The first-order chi connectivity index (χ1) is 8.65. The molecule has 3 heteroatoms. The summed E-state index contributed by atoms with van der Waals surface area (Å²) in [6, 6.07) is 5.58. The molecule has 0 unspecified atom stereocenters. The van der Waals surface area contributed by atoms with Crippen LogP contribution < -0.4 is 9.64 Å². The Kier molecular flexibility index (Phi) is 5.26. The number of ether oxygens (including phenoxy) is 1. The number of ketones is 1. The Morgan fingerprint density at radius 3 is 2.72 bits per heavy atom. The van der Waals surface area contributed by atoms with Gasteiger partial charge < -0.3 is 9.64 Å². The van der Waals surface area contributed by atoms with E-state index in [1.807, 2.05) is 17.0 Å². The van der Waals surface area contributed by atoms with Crippen molar-refractivity contribution in [2.45, 2.75) is 20.3 Å². The number of hydrogen-bond acceptors (Lipinski definition) is 3. The summed E-state index contributed by atoms with van der Waals surface area (Å²) in [4.78, 5) is 13.8. The van der Waals surface area contributed by atoms with Gasteiger partial charge in [0, 0.05) is 6.54 Å². The van der Waals surface area contributed by atoms with E-state index in [4.69, 9.17) is 11.2 Å². The second-order valence-corrected chi connectivity index (χ2v) is 4.04. The van der Waals surface area contributed by atoms with E-state index < -0.39 is 0 Å². The van der Waals surface area contributed by atoms with Crippen LogP contribution in [0.1, 0.15) is 30.6 Å². The zero-order chi connectivity index (χ0) is 13.5. The molecule has 0 aliphatic carbocycles.